The SMILES string of the molecule is CCCc1c(C(=O)N2CCN(c3ncc(C(F)(F)F)cc3Cl)CC2)[nH]c(C)c1C(=O)OC. The summed E-state index contributed by atoms with van der Waals surface area (Å²) < 4.78 is 43.4. The first-order chi connectivity index (χ1) is 15.1. The summed E-state index contributed by atoms with van der Waals surface area (Å²) in [5.74, 6) is -0.478. The fourth-order valence-corrected chi connectivity index (χ4v) is 4.12. The Morgan fingerprint density at radius 3 is 2.44 bits per heavy atom. The summed E-state index contributed by atoms with van der Waals surface area (Å²) in [5.41, 5.74) is 1.05. The summed E-state index contributed by atoms with van der Waals surface area (Å²) in [4.78, 5) is 35.7. The number of carbonyl (C=O) groups is 2. The molecule has 0 atom stereocenters. The van der Waals surface area contributed by atoms with E-state index < -0.39 is 17.7 Å². The molecule has 7 nitrogen and oxygen atoms in total. The fraction of sp³-hybridized carbons (Fsp3) is 0.476. The molecule has 32 heavy (non-hydrogen) atoms. The van der Waals surface area contributed by atoms with Crippen molar-refractivity contribution in [2.75, 3.05) is 38.2 Å². The molecular formula is C21H24ClF3N4O3. The Morgan fingerprint density at radius 2 is 1.91 bits per heavy atom. The number of esters is 1. The number of aryl methyl sites for hydroxylation is 1. The number of nitrogens with zero attached hydrogens (tertiary/aromatic N) is 3. The molecule has 1 N–H and O–H groups in total. The minimum atomic E-state index is -4.52. The van der Waals surface area contributed by atoms with E-state index in [0.717, 1.165) is 18.7 Å². The third kappa shape index (κ3) is 4.69. The van der Waals surface area contributed by atoms with E-state index in [1.165, 1.54) is 7.11 Å². The second-order valence-electron chi connectivity index (χ2n) is 7.53. The van der Waals surface area contributed by atoms with Gasteiger partial charge < -0.3 is 19.5 Å². The molecule has 11 heteroatoms. The van der Waals surface area contributed by atoms with Crippen LogP contribution in [-0.2, 0) is 17.3 Å². The number of carbonyl (C=O) groups excluding carboxylic acids is 2. The lowest BCUT2D eigenvalue weighted by Gasteiger charge is -2.35. The highest BCUT2D eigenvalue weighted by molar-refractivity contribution is 6.33. The van der Waals surface area contributed by atoms with E-state index in [2.05, 4.69) is 9.97 Å². The molecule has 0 aliphatic carbocycles. The van der Waals surface area contributed by atoms with Gasteiger partial charge in [-0.2, -0.15) is 13.2 Å². The molecule has 0 spiro atoms. The number of pyridine rings is 1. The van der Waals surface area contributed by atoms with Crippen molar-refractivity contribution in [3.63, 3.8) is 0 Å². The van der Waals surface area contributed by atoms with Crippen LogP contribution in [0.2, 0.25) is 5.02 Å². The van der Waals surface area contributed by atoms with Gasteiger partial charge in [-0.15, -0.1) is 0 Å². The smallest absolute Gasteiger partial charge is 0.417 e. The van der Waals surface area contributed by atoms with Crippen LogP contribution in [0.3, 0.4) is 0 Å². The Labute approximate surface area is 188 Å². The van der Waals surface area contributed by atoms with Crippen LogP contribution in [-0.4, -0.2) is 60.0 Å². The number of hydrogen-bond acceptors (Lipinski definition) is 5. The van der Waals surface area contributed by atoms with Crippen molar-refractivity contribution in [1.82, 2.24) is 14.9 Å². The largest absolute Gasteiger partial charge is 0.465 e. The number of hydrogen-bond donors (Lipinski definition) is 1. The van der Waals surface area contributed by atoms with Gasteiger partial charge in [-0.3, -0.25) is 4.79 Å². The Morgan fingerprint density at radius 1 is 1.25 bits per heavy atom. The van der Waals surface area contributed by atoms with Gasteiger partial charge in [0, 0.05) is 38.1 Å². The van der Waals surface area contributed by atoms with Crippen molar-refractivity contribution in [2.45, 2.75) is 32.9 Å². The average Bonchev–Trinajstić information content (AvgIpc) is 3.08. The molecule has 1 aliphatic rings. The van der Waals surface area contributed by atoms with E-state index in [9.17, 15) is 22.8 Å². The van der Waals surface area contributed by atoms with Gasteiger partial charge in [0.2, 0.25) is 0 Å². The van der Waals surface area contributed by atoms with Gasteiger partial charge in [0.15, 0.2) is 0 Å². The number of alkyl halides is 3. The highest BCUT2D eigenvalue weighted by Crippen LogP contribution is 2.34. The van der Waals surface area contributed by atoms with Crippen LogP contribution in [0.5, 0.6) is 0 Å². The summed E-state index contributed by atoms with van der Waals surface area (Å²) in [7, 11) is 1.30. The first-order valence-corrected chi connectivity index (χ1v) is 10.5. The number of amides is 1. The van der Waals surface area contributed by atoms with Gasteiger partial charge in [-0.25, -0.2) is 9.78 Å². The highest BCUT2D eigenvalue weighted by atomic mass is 35.5. The summed E-state index contributed by atoms with van der Waals surface area (Å²) in [5, 5.41) is -0.0902. The molecule has 0 aromatic carbocycles. The maximum atomic E-state index is 13.2. The molecule has 1 fully saturated rings. The number of aromatic nitrogens is 2. The zero-order chi connectivity index (χ0) is 23.6. The molecule has 2 aromatic rings. The number of H-pyrrole nitrogens is 1. The maximum absolute atomic E-state index is 13.2. The summed E-state index contributed by atoms with van der Waals surface area (Å²) >= 11 is 6.05. The first kappa shape index (κ1) is 23.9. The van der Waals surface area contributed by atoms with Gasteiger partial charge in [-0.1, -0.05) is 24.9 Å². The van der Waals surface area contributed by atoms with Crippen molar-refractivity contribution in [3.8, 4) is 0 Å². The van der Waals surface area contributed by atoms with Crippen molar-refractivity contribution in [1.29, 1.82) is 0 Å². The Balaban J connectivity index is 1.76. The van der Waals surface area contributed by atoms with Crippen LogP contribution in [0.1, 0.15) is 51.0 Å². The Bertz CT molecular complexity index is 1010. The molecule has 3 heterocycles. The second-order valence-corrected chi connectivity index (χ2v) is 7.93. The van der Waals surface area contributed by atoms with Crippen LogP contribution in [0, 0.1) is 6.92 Å². The van der Waals surface area contributed by atoms with Crippen LogP contribution < -0.4 is 4.90 Å². The van der Waals surface area contributed by atoms with E-state index in [1.54, 1.807) is 16.7 Å². The monoisotopic (exact) mass is 472 g/mol. The Hall–Kier alpha value is -2.75. The van der Waals surface area contributed by atoms with Gasteiger partial charge in [0.25, 0.3) is 5.91 Å². The lowest BCUT2D eigenvalue weighted by Crippen LogP contribution is -2.49. The Kier molecular flexibility index (Phi) is 7.02. The maximum Gasteiger partial charge on any atom is 0.417 e. The van der Waals surface area contributed by atoms with Crippen molar-refractivity contribution in [3.05, 3.63) is 45.4 Å². The number of ether oxygens (including phenoxy) is 1. The van der Waals surface area contributed by atoms with Gasteiger partial charge in [-0.05, 0) is 25.0 Å². The molecule has 1 aliphatic heterocycles. The van der Waals surface area contributed by atoms with E-state index in [0.29, 0.717) is 55.1 Å². The van der Waals surface area contributed by atoms with Gasteiger partial charge in [0.05, 0.1) is 23.3 Å². The number of halogens is 4. The number of methoxy groups -OCH3 is 1. The van der Waals surface area contributed by atoms with Crippen LogP contribution >= 0.6 is 11.6 Å². The summed E-state index contributed by atoms with van der Waals surface area (Å²) in [6.07, 6.45) is -2.48. The normalized spacial score (nSPS) is 14.6. The first-order valence-electron chi connectivity index (χ1n) is 10.1. The zero-order valence-electron chi connectivity index (χ0n) is 18.0. The van der Waals surface area contributed by atoms with Crippen LogP contribution in [0.15, 0.2) is 12.3 Å². The van der Waals surface area contributed by atoms with E-state index in [-0.39, 0.29) is 16.7 Å². The molecule has 1 saturated heterocycles. The number of piperazine rings is 1. The molecule has 2 aromatic heterocycles. The third-order valence-electron chi connectivity index (χ3n) is 5.41. The fourth-order valence-electron chi connectivity index (χ4n) is 3.84. The second kappa shape index (κ2) is 9.40. The highest BCUT2D eigenvalue weighted by Gasteiger charge is 2.33. The van der Waals surface area contributed by atoms with Crippen LogP contribution in [0.4, 0.5) is 19.0 Å². The standard InChI is InChI=1S/C21H24ClF3N4O3/c1-4-5-14-16(20(31)32-3)12(2)27-17(14)19(30)29-8-6-28(7-9-29)18-15(22)10-13(11-26-18)21(23,24)25/h10-11,27H,4-9H2,1-3H3. The predicted molar refractivity (Wildman–Crippen MR) is 113 cm³/mol. The molecule has 0 unspecified atom stereocenters. The van der Waals surface area contributed by atoms with E-state index >= 15 is 0 Å². The van der Waals surface area contributed by atoms with E-state index in [1.807, 2.05) is 6.92 Å². The average molecular weight is 473 g/mol. The zero-order valence-corrected chi connectivity index (χ0v) is 18.7. The quantitative estimate of drug-likeness (QED) is 0.663. The lowest BCUT2D eigenvalue weighted by atomic mass is 10.0. The van der Waals surface area contributed by atoms with Gasteiger partial charge >= 0.3 is 12.1 Å². The summed E-state index contributed by atoms with van der Waals surface area (Å²) in [6.45, 7) is 5.05. The van der Waals surface area contributed by atoms with Crippen LogP contribution in [0.25, 0.3) is 0 Å². The lowest BCUT2D eigenvalue weighted by molar-refractivity contribution is -0.137. The minimum Gasteiger partial charge on any atom is -0.465 e. The number of rotatable bonds is 5. The molecular weight excluding hydrogens is 449 g/mol. The molecule has 1 amide bonds. The summed E-state index contributed by atoms with van der Waals surface area (Å²) in [6, 6.07) is 0.856. The van der Waals surface area contributed by atoms with Crippen molar-refractivity contribution >= 4 is 29.3 Å². The van der Waals surface area contributed by atoms with Crippen molar-refractivity contribution in [2.24, 2.45) is 0 Å². The molecule has 0 saturated carbocycles. The number of nitrogens with one attached hydrogen (secondary N) is 1. The molecule has 3 rings (SSSR count). The topological polar surface area (TPSA) is 78.5 Å². The number of anilines is 1. The molecule has 0 radical (unpaired) electrons. The number of aromatic amines is 1. The molecule has 174 valence electrons. The van der Waals surface area contributed by atoms with Crippen molar-refractivity contribution < 1.29 is 27.5 Å². The van der Waals surface area contributed by atoms with E-state index in [4.69, 9.17) is 16.3 Å². The third-order valence-corrected chi connectivity index (χ3v) is 5.69. The van der Waals surface area contributed by atoms with Gasteiger partial charge in [0.1, 0.15) is 11.5 Å². The molecule has 0 bridgehead atoms. The minimum absolute atomic E-state index is 0.0902. The predicted octanol–water partition coefficient (Wildman–Crippen LogP) is 4.09.